The van der Waals surface area contributed by atoms with Gasteiger partial charge in [0.25, 0.3) is 5.91 Å². The number of nitrogens with one attached hydrogen (secondary N) is 1. The first-order valence-electron chi connectivity index (χ1n) is 5.44. The van der Waals surface area contributed by atoms with Gasteiger partial charge in [-0.1, -0.05) is 30.3 Å². The molecule has 1 amide bonds. The molecule has 0 aliphatic carbocycles. The number of amides is 1. The van der Waals surface area contributed by atoms with Crippen LogP contribution in [0.1, 0.15) is 15.9 Å². The molecule has 2 aromatic rings. The molecule has 2 rings (SSSR count). The Hall–Kier alpha value is -1.43. The first-order valence-corrected chi connectivity index (χ1v) is 6.52. The molecular weight excluding hydrogens is 344 g/mol. The molecule has 0 saturated heterocycles. The van der Waals surface area contributed by atoms with E-state index < -0.39 is 11.7 Å². The van der Waals surface area contributed by atoms with Crippen LogP contribution >= 0.6 is 22.6 Å². The van der Waals surface area contributed by atoms with E-state index in [-0.39, 0.29) is 5.56 Å². The third-order valence-electron chi connectivity index (χ3n) is 2.47. The van der Waals surface area contributed by atoms with Gasteiger partial charge in [0, 0.05) is 10.1 Å². The first kappa shape index (κ1) is 13.0. The van der Waals surface area contributed by atoms with Crippen LogP contribution in [0.2, 0.25) is 0 Å². The molecule has 0 aliphatic heterocycles. The molecular formula is C14H11FINO. The van der Waals surface area contributed by atoms with Gasteiger partial charge in [-0.15, -0.1) is 0 Å². The van der Waals surface area contributed by atoms with Gasteiger partial charge in [-0.3, -0.25) is 4.79 Å². The van der Waals surface area contributed by atoms with Crippen LogP contribution in [-0.2, 0) is 6.54 Å². The fourth-order valence-electron chi connectivity index (χ4n) is 1.55. The lowest BCUT2D eigenvalue weighted by molar-refractivity contribution is 0.0947. The number of benzene rings is 2. The molecule has 92 valence electrons. The summed E-state index contributed by atoms with van der Waals surface area (Å²) in [6.07, 6.45) is 0. The van der Waals surface area contributed by atoms with Crippen molar-refractivity contribution >= 4 is 28.5 Å². The van der Waals surface area contributed by atoms with Crippen molar-refractivity contribution in [3.8, 4) is 0 Å². The molecule has 2 aromatic carbocycles. The fraction of sp³-hybridized carbons (Fsp3) is 0.0714. The number of halogens is 2. The molecule has 0 aliphatic rings. The van der Waals surface area contributed by atoms with Gasteiger partial charge in [0.15, 0.2) is 0 Å². The summed E-state index contributed by atoms with van der Waals surface area (Å²) in [5, 5.41) is 2.69. The Morgan fingerprint density at radius 1 is 1.17 bits per heavy atom. The van der Waals surface area contributed by atoms with Crippen molar-refractivity contribution in [2.75, 3.05) is 0 Å². The maximum atomic E-state index is 13.6. The van der Waals surface area contributed by atoms with Crippen LogP contribution in [0.4, 0.5) is 4.39 Å². The highest BCUT2D eigenvalue weighted by molar-refractivity contribution is 14.1. The lowest BCUT2D eigenvalue weighted by Gasteiger charge is -2.06. The Morgan fingerprint density at radius 3 is 2.56 bits per heavy atom. The second-order valence-corrected chi connectivity index (χ2v) is 5.04. The predicted molar refractivity (Wildman–Crippen MR) is 76.7 cm³/mol. The minimum atomic E-state index is -0.493. The van der Waals surface area contributed by atoms with E-state index in [0.29, 0.717) is 6.54 Å². The number of carbonyl (C=O) groups excluding carboxylic acids is 1. The molecule has 18 heavy (non-hydrogen) atoms. The second-order valence-electron chi connectivity index (χ2n) is 3.79. The Labute approximate surface area is 118 Å². The molecule has 4 heteroatoms. The van der Waals surface area contributed by atoms with E-state index >= 15 is 0 Å². The average Bonchev–Trinajstić information content (AvgIpc) is 2.37. The summed E-state index contributed by atoms with van der Waals surface area (Å²) >= 11 is 2.00. The molecule has 1 N–H and O–H groups in total. The van der Waals surface area contributed by atoms with Crippen molar-refractivity contribution in [3.63, 3.8) is 0 Å². The Morgan fingerprint density at radius 2 is 1.89 bits per heavy atom. The lowest BCUT2D eigenvalue weighted by atomic mass is 10.2. The summed E-state index contributed by atoms with van der Waals surface area (Å²) in [7, 11) is 0. The molecule has 0 unspecified atom stereocenters. The fourth-order valence-corrected chi connectivity index (χ4v) is 2.00. The average molecular weight is 355 g/mol. The number of rotatable bonds is 3. The topological polar surface area (TPSA) is 29.1 Å². The summed E-state index contributed by atoms with van der Waals surface area (Å²) < 4.78 is 14.3. The van der Waals surface area contributed by atoms with E-state index in [9.17, 15) is 9.18 Å². The van der Waals surface area contributed by atoms with Gasteiger partial charge < -0.3 is 5.32 Å². The third kappa shape index (κ3) is 3.29. The molecule has 0 fully saturated rings. The summed E-state index contributed by atoms with van der Waals surface area (Å²) in [6.45, 7) is 0.394. The van der Waals surface area contributed by atoms with Crippen LogP contribution in [-0.4, -0.2) is 5.91 Å². The molecule has 0 bridgehead atoms. The predicted octanol–water partition coefficient (Wildman–Crippen LogP) is 3.36. The van der Waals surface area contributed by atoms with Crippen molar-refractivity contribution in [2.24, 2.45) is 0 Å². The molecule has 2 nitrogen and oxygen atoms in total. The number of carbonyl (C=O) groups is 1. The van der Waals surface area contributed by atoms with E-state index in [0.717, 1.165) is 9.13 Å². The largest absolute Gasteiger partial charge is 0.348 e. The summed E-state index contributed by atoms with van der Waals surface area (Å²) in [5.41, 5.74) is 1.06. The van der Waals surface area contributed by atoms with Gasteiger partial charge in [0.05, 0.1) is 5.56 Å². The Kier molecular flexibility index (Phi) is 4.30. The normalized spacial score (nSPS) is 10.1. The highest BCUT2D eigenvalue weighted by Crippen LogP contribution is 2.12. The van der Waals surface area contributed by atoms with E-state index in [2.05, 4.69) is 5.32 Å². The van der Waals surface area contributed by atoms with Crippen molar-refractivity contribution < 1.29 is 9.18 Å². The zero-order valence-electron chi connectivity index (χ0n) is 9.49. The molecule has 0 saturated carbocycles. The minimum absolute atomic E-state index is 0.0753. The highest BCUT2D eigenvalue weighted by atomic mass is 127. The van der Waals surface area contributed by atoms with Crippen molar-refractivity contribution in [1.82, 2.24) is 5.32 Å². The maximum absolute atomic E-state index is 13.6. The minimum Gasteiger partial charge on any atom is -0.348 e. The van der Waals surface area contributed by atoms with Crippen molar-refractivity contribution in [2.45, 2.75) is 6.54 Å². The molecule has 0 heterocycles. The van der Waals surface area contributed by atoms with E-state index in [1.807, 2.05) is 52.9 Å². The van der Waals surface area contributed by atoms with Crippen LogP contribution in [0.15, 0.2) is 48.5 Å². The summed E-state index contributed by atoms with van der Waals surface area (Å²) in [5.74, 6) is -0.889. The van der Waals surface area contributed by atoms with Gasteiger partial charge in [-0.25, -0.2) is 4.39 Å². The van der Waals surface area contributed by atoms with Crippen LogP contribution < -0.4 is 5.32 Å². The van der Waals surface area contributed by atoms with Crippen LogP contribution in [0.5, 0.6) is 0 Å². The zero-order valence-corrected chi connectivity index (χ0v) is 11.6. The lowest BCUT2D eigenvalue weighted by Crippen LogP contribution is -2.23. The van der Waals surface area contributed by atoms with Crippen molar-refractivity contribution in [1.29, 1.82) is 0 Å². The summed E-state index contributed by atoms with van der Waals surface area (Å²) in [4.78, 5) is 11.8. The van der Waals surface area contributed by atoms with Gasteiger partial charge in [-0.2, -0.15) is 0 Å². The molecule has 0 radical (unpaired) electrons. The molecule has 0 atom stereocenters. The number of hydrogen-bond donors (Lipinski definition) is 1. The van der Waals surface area contributed by atoms with Crippen LogP contribution in [0, 0.1) is 9.39 Å². The van der Waals surface area contributed by atoms with E-state index in [1.165, 1.54) is 12.1 Å². The molecule has 0 aromatic heterocycles. The monoisotopic (exact) mass is 355 g/mol. The zero-order chi connectivity index (χ0) is 13.0. The van der Waals surface area contributed by atoms with Gasteiger partial charge in [0.2, 0.25) is 0 Å². The van der Waals surface area contributed by atoms with Gasteiger partial charge in [-0.05, 0) is 46.4 Å². The first-order chi connectivity index (χ1) is 8.66. The van der Waals surface area contributed by atoms with E-state index in [4.69, 9.17) is 0 Å². The highest BCUT2D eigenvalue weighted by Gasteiger charge is 2.11. The second kappa shape index (κ2) is 5.95. The van der Waals surface area contributed by atoms with E-state index in [1.54, 1.807) is 6.07 Å². The Bertz CT molecular complexity index is 557. The maximum Gasteiger partial charge on any atom is 0.254 e. The Balaban J connectivity index is 2.04. The van der Waals surface area contributed by atoms with Gasteiger partial charge in [0.1, 0.15) is 5.82 Å². The molecule has 0 spiro atoms. The summed E-state index contributed by atoms with van der Waals surface area (Å²) in [6, 6.07) is 14.1. The van der Waals surface area contributed by atoms with Crippen LogP contribution in [0.25, 0.3) is 0 Å². The number of hydrogen-bond acceptors (Lipinski definition) is 1. The van der Waals surface area contributed by atoms with Crippen LogP contribution in [0.3, 0.4) is 0 Å². The SMILES string of the molecule is O=C(NCc1ccccc1)c1ccc(I)cc1F. The third-order valence-corrected chi connectivity index (χ3v) is 3.14. The standard InChI is InChI=1S/C14H11FINO/c15-13-8-11(16)6-7-12(13)14(18)17-9-10-4-2-1-3-5-10/h1-8H,9H2,(H,17,18). The quantitative estimate of drug-likeness (QED) is 0.841. The van der Waals surface area contributed by atoms with Gasteiger partial charge >= 0.3 is 0 Å². The van der Waals surface area contributed by atoms with Crippen molar-refractivity contribution in [3.05, 3.63) is 69.0 Å². The smallest absolute Gasteiger partial charge is 0.254 e.